The highest BCUT2D eigenvalue weighted by Gasteiger charge is 2.18. The molecule has 1 aliphatic heterocycles. The molecule has 86 valence electrons. The molecule has 3 N–H and O–H groups in total. The molecule has 0 fully saturated rings. The van der Waals surface area contributed by atoms with Gasteiger partial charge in [-0.15, -0.1) is 0 Å². The lowest BCUT2D eigenvalue weighted by Crippen LogP contribution is -2.32. The van der Waals surface area contributed by atoms with Crippen molar-refractivity contribution < 1.29 is 4.79 Å². The molecular weight excluding hydrogens is 200 g/mol. The first-order chi connectivity index (χ1) is 7.44. The van der Waals surface area contributed by atoms with Crippen molar-refractivity contribution >= 4 is 11.6 Å². The van der Waals surface area contributed by atoms with Gasteiger partial charge in [0.25, 0.3) is 0 Å². The summed E-state index contributed by atoms with van der Waals surface area (Å²) in [5, 5.41) is 2.83. The SMILES string of the molecule is CC(C)(N)CCc1ccc2c(c1)CC(=O)N2. The molecule has 0 bridgehead atoms. The Morgan fingerprint density at radius 1 is 1.44 bits per heavy atom. The zero-order valence-electron chi connectivity index (χ0n) is 9.84. The minimum atomic E-state index is -0.132. The topological polar surface area (TPSA) is 55.1 Å². The number of hydrogen-bond acceptors (Lipinski definition) is 2. The molecule has 0 spiro atoms. The molecule has 2 rings (SSSR count). The summed E-state index contributed by atoms with van der Waals surface area (Å²) in [7, 11) is 0. The Labute approximate surface area is 96.0 Å². The van der Waals surface area contributed by atoms with Crippen LogP contribution in [0.15, 0.2) is 18.2 Å². The van der Waals surface area contributed by atoms with Crippen LogP contribution in [-0.4, -0.2) is 11.4 Å². The summed E-state index contributed by atoms with van der Waals surface area (Å²) in [6, 6.07) is 6.16. The number of carbonyl (C=O) groups excluding carboxylic acids is 1. The van der Waals surface area contributed by atoms with Gasteiger partial charge in [0.05, 0.1) is 6.42 Å². The molecule has 1 aromatic rings. The second-order valence-electron chi connectivity index (χ2n) is 5.21. The van der Waals surface area contributed by atoms with Crippen molar-refractivity contribution in [1.82, 2.24) is 0 Å². The van der Waals surface area contributed by atoms with Crippen LogP contribution in [0, 0.1) is 0 Å². The smallest absolute Gasteiger partial charge is 0.228 e. The average molecular weight is 218 g/mol. The van der Waals surface area contributed by atoms with E-state index in [9.17, 15) is 4.79 Å². The van der Waals surface area contributed by atoms with Gasteiger partial charge in [-0.25, -0.2) is 0 Å². The number of carbonyl (C=O) groups is 1. The lowest BCUT2D eigenvalue weighted by molar-refractivity contribution is -0.115. The number of anilines is 1. The molecule has 3 nitrogen and oxygen atoms in total. The number of nitrogens with two attached hydrogens (primary N) is 1. The highest BCUT2D eigenvalue weighted by molar-refractivity contribution is 5.99. The Kier molecular flexibility index (Phi) is 2.72. The number of amides is 1. The number of benzene rings is 1. The maximum absolute atomic E-state index is 11.2. The maximum Gasteiger partial charge on any atom is 0.228 e. The maximum atomic E-state index is 11.2. The van der Waals surface area contributed by atoms with Crippen molar-refractivity contribution in [2.45, 2.75) is 38.6 Å². The summed E-state index contributed by atoms with van der Waals surface area (Å²) in [6.45, 7) is 4.07. The largest absolute Gasteiger partial charge is 0.326 e. The van der Waals surface area contributed by atoms with Gasteiger partial charge in [-0.05, 0) is 43.9 Å². The summed E-state index contributed by atoms with van der Waals surface area (Å²) in [4.78, 5) is 11.2. The molecule has 0 aliphatic carbocycles. The second-order valence-corrected chi connectivity index (χ2v) is 5.21. The Balaban J connectivity index is 2.08. The van der Waals surface area contributed by atoms with E-state index in [1.165, 1.54) is 5.56 Å². The molecule has 1 amide bonds. The molecule has 0 unspecified atom stereocenters. The fraction of sp³-hybridized carbons (Fsp3) is 0.462. The molecule has 0 saturated carbocycles. The normalized spacial score (nSPS) is 14.8. The van der Waals surface area contributed by atoms with Gasteiger partial charge in [0.1, 0.15) is 0 Å². The third-order valence-corrected chi connectivity index (χ3v) is 2.85. The predicted octanol–water partition coefficient (Wildman–Crippen LogP) is 1.85. The van der Waals surface area contributed by atoms with Crippen LogP contribution >= 0.6 is 0 Å². The van der Waals surface area contributed by atoms with Gasteiger partial charge >= 0.3 is 0 Å². The summed E-state index contributed by atoms with van der Waals surface area (Å²) >= 11 is 0. The molecule has 0 radical (unpaired) electrons. The zero-order valence-corrected chi connectivity index (χ0v) is 9.84. The number of rotatable bonds is 3. The van der Waals surface area contributed by atoms with E-state index in [2.05, 4.69) is 17.4 Å². The fourth-order valence-electron chi connectivity index (χ4n) is 1.90. The minimum Gasteiger partial charge on any atom is -0.326 e. The Bertz CT molecular complexity index is 418. The van der Waals surface area contributed by atoms with Crippen LogP contribution in [0.1, 0.15) is 31.4 Å². The first-order valence-electron chi connectivity index (χ1n) is 5.65. The number of nitrogens with one attached hydrogen (secondary N) is 1. The van der Waals surface area contributed by atoms with Crippen LogP contribution in [0.4, 0.5) is 5.69 Å². The van der Waals surface area contributed by atoms with Gasteiger partial charge in [-0.3, -0.25) is 4.79 Å². The summed E-state index contributed by atoms with van der Waals surface area (Å²) in [5.41, 5.74) is 9.15. The molecule has 1 aliphatic rings. The van der Waals surface area contributed by atoms with Crippen molar-refractivity contribution in [2.75, 3.05) is 5.32 Å². The van der Waals surface area contributed by atoms with Crippen molar-refractivity contribution in [1.29, 1.82) is 0 Å². The van der Waals surface area contributed by atoms with Crippen molar-refractivity contribution in [3.05, 3.63) is 29.3 Å². The standard InChI is InChI=1S/C13H18N2O/c1-13(2,14)6-5-9-3-4-11-10(7-9)8-12(16)15-11/h3-4,7H,5-6,8,14H2,1-2H3,(H,15,16). The average Bonchev–Trinajstić information content (AvgIpc) is 2.52. The second kappa shape index (κ2) is 3.91. The first-order valence-corrected chi connectivity index (χ1v) is 5.65. The van der Waals surface area contributed by atoms with E-state index in [-0.39, 0.29) is 11.4 Å². The van der Waals surface area contributed by atoms with E-state index in [0.29, 0.717) is 6.42 Å². The molecule has 3 heteroatoms. The van der Waals surface area contributed by atoms with Crippen LogP contribution in [0.5, 0.6) is 0 Å². The first kappa shape index (κ1) is 11.1. The van der Waals surface area contributed by atoms with E-state index in [0.717, 1.165) is 24.1 Å². The molecular formula is C13H18N2O. The Morgan fingerprint density at radius 3 is 2.88 bits per heavy atom. The van der Waals surface area contributed by atoms with Crippen molar-refractivity contribution in [3.8, 4) is 0 Å². The van der Waals surface area contributed by atoms with Crippen LogP contribution in [0.2, 0.25) is 0 Å². The van der Waals surface area contributed by atoms with Gasteiger partial charge in [0.15, 0.2) is 0 Å². The highest BCUT2D eigenvalue weighted by Crippen LogP contribution is 2.24. The third kappa shape index (κ3) is 2.61. The van der Waals surface area contributed by atoms with Crippen molar-refractivity contribution in [3.63, 3.8) is 0 Å². The molecule has 0 aromatic heterocycles. The van der Waals surface area contributed by atoms with E-state index in [4.69, 9.17) is 5.73 Å². The van der Waals surface area contributed by atoms with Crippen LogP contribution < -0.4 is 11.1 Å². The van der Waals surface area contributed by atoms with Gasteiger partial charge in [-0.1, -0.05) is 12.1 Å². The fourth-order valence-corrected chi connectivity index (χ4v) is 1.90. The van der Waals surface area contributed by atoms with Crippen LogP contribution in [0.25, 0.3) is 0 Å². The lowest BCUT2D eigenvalue weighted by Gasteiger charge is -2.18. The number of fused-ring (bicyclic) bond motifs is 1. The van der Waals surface area contributed by atoms with Gasteiger partial charge in [0.2, 0.25) is 5.91 Å². The van der Waals surface area contributed by atoms with E-state index in [1.807, 2.05) is 19.9 Å². The number of aryl methyl sites for hydroxylation is 1. The quantitative estimate of drug-likeness (QED) is 0.813. The molecule has 0 saturated heterocycles. The van der Waals surface area contributed by atoms with Crippen LogP contribution in [-0.2, 0) is 17.6 Å². The molecule has 16 heavy (non-hydrogen) atoms. The van der Waals surface area contributed by atoms with Gasteiger partial charge in [-0.2, -0.15) is 0 Å². The summed E-state index contributed by atoms with van der Waals surface area (Å²) in [6.07, 6.45) is 2.42. The minimum absolute atomic E-state index is 0.0892. The van der Waals surface area contributed by atoms with Gasteiger partial charge in [0, 0.05) is 11.2 Å². The Hall–Kier alpha value is -1.35. The molecule has 0 atom stereocenters. The van der Waals surface area contributed by atoms with E-state index >= 15 is 0 Å². The Morgan fingerprint density at radius 2 is 2.19 bits per heavy atom. The predicted molar refractivity (Wildman–Crippen MR) is 65.4 cm³/mol. The van der Waals surface area contributed by atoms with Gasteiger partial charge < -0.3 is 11.1 Å². The summed E-state index contributed by atoms with van der Waals surface area (Å²) < 4.78 is 0. The van der Waals surface area contributed by atoms with Crippen molar-refractivity contribution in [2.24, 2.45) is 5.73 Å². The third-order valence-electron chi connectivity index (χ3n) is 2.85. The highest BCUT2D eigenvalue weighted by atomic mass is 16.1. The molecule has 1 aromatic carbocycles. The zero-order chi connectivity index (χ0) is 11.8. The van der Waals surface area contributed by atoms with Crippen LogP contribution in [0.3, 0.4) is 0 Å². The van der Waals surface area contributed by atoms with E-state index < -0.39 is 0 Å². The van der Waals surface area contributed by atoms with E-state index in [1.54, 1.807) is 0 Å². The number of hydrogen-bond donors (Lipinski definition) is 2. The molecule has 1 heterocycles. The summed E-state index contributed by atoms with van der Waals surface area (Å²) in [5.74, 6) is 0.0892. The monoisotopic (exact) mass is 218 g/mol. The lowest BCUT2D eigenvalue weighted by atomic mass is 9.95.